The van der Waals surface area contributed by atoms with Gasteiger partial charge in [-0.1, -0.05) is 6.92 Å². The lowest BCUT2D eigenvalue weighted by Gasteiger charge is -2.24. The smallest absolute Gasteiger partial charge is 0.231 e. The first kappa shape index (κ1) is 12.4. The van der Waals surface area contributed by atoms with Gasteiger partial charge in [0.25, 0.3) is 0 Å². The molecule has 1 amide bonds. The fraction of sp³-hybridized carbons (Fsp3) is 0.625. The molecule has 1 aromatic rings. The molecule has 2 heterocycles. The number of carbonyl (C=O) groups is 1. The Morgan fingerprint density at radius 1 is 1.67 bits per heavy atom. The highest BCUT2D eigenvalue weighted by atomic mass is 35.5. The van der Waals surface area contributed by atoms with Crippen LogP contribution in [0.2, 0.25) is 0 Å². The van der Waals surface area contributed by atoms with E-state index >= 15 is 0 Å². The number of carbonyl (C=O) groups excluding carboxylic acids is 1. The summed E-state index contributed by atoms with van der Waals surface area (Å²) in [5, 5.41) is 6.43. The minimum atomic E-state index is 0. The van der Waals surface area contributed by atoms with E-state index in [9.17, 15) is 4.79 Å². The Balaban J connectivity index is 0.00000112. The molecule has 0 atom stereocenters. The van der Waals surface area contributed by atoms with Gasteiger partial charge < -0.3 is 10.6 Å². The molecule has 1 aliphatic rings. The molecule has 5 nitrogen and oxygen atoms in total. The maximum atomic E-state index is 11.5. The normalized spacial score (nSPS) is 15.3. The van der Waals surface area contributed by atoms with E-state index in [2.05, 4.69) is 20.0 Å². The summed E-state index contributed by atoms with van der Waals surface area (Å²) in [5.41, 5.74) is 0. The summed E-state index contributed by atoms with van der Waals surface area (Å²) in [5.74, 6) is 0.934. The van der Waals surface area contributed by atoms with Crippen molar-refractivity contribution in [1.82, 2.24) is 14.7 Å². The van der Waals surface area contributed by atoms with Crippen molar-refractivity contribution < 1.29 is 4.79 Å². The first-order chi connectivity index (χ1) is 6.79. The van der Waals surface area contributed by atoms with Crippen LogP contribution in [-0.2, 0) is 11.2 Å². The fourth-order valence-corrected chi connectivity index (χ4v) is 1.78. The van der Waals surface area contributed by atoms with Crippen LogP contribution in [0, 0.1) is 5.92 Å². The zero-order chi connectivity index (χ0) is 9.97. The Kier molecular flexibility index (Phi) is 4.44. The van der Waals surface area contributed by atoms with Gasteiger partial charge in [-0.25, -0.2) is 4.98 Å². The summed E-state index contributed by atoms with van der Waals surface area (Å²) in [6.07, 6.45) is 0.803. The van der Waals surface area contributed by atoms with E-state index in [4.69, 9.17) is 0 Å². The van der Waals surface area contributed by atoms with Crippen molar-refractivity contribution in [2.45, 2.75) is 13.3 Å². The van der Waals surface area contributed by atoms with E-state index in [1.54, 1.807) is 0 Å². The third-order valence-corrected chi connectivity index (χ3v) is 2.84. The highest BCUT2D eigenvalue weighted by Gasteiger charge is 2.25. The molecule has 0 bridgehead atoms. The second-order valence-electron chi connectivity index (χ2n) is 3.21. The standard InChI is InChI=1S/C8H12N4OS.ClH/c1-2-6-10-8(14-12-6)11-7(13)5-3-9-4-5;/h5,9H,2-4H2,1H3,(H,10,11,12,13);1H. The molecule has 0 aromatic carbocycles. The van der Waals surface area contributed by atoms with Crippen molar-refractivity contribution in [1.29, 1.82) is 0 Å². The van der Waals surface area contributed by atoms with Gasteiger partial charge in [0.2, 0.25) is 11.0 Å². The predicted molar refractivity (Wildman–Crippen MR) is 61.5 cm³/mol. The third-order valence-electron chi connectivity index (χ3n) is 2.17. The van der Waals surface area contributed by atoms with Crippen LogP contribution in [0.25, 0.3) is 0 Å². The monoisotopic (exact) mass is 248 g/mol. The van der Waals surface area contributed by atoms with Crippen molar-refractivity contribution in [3.8, 4) is 0 Å². The molecule has 0 spiro atoms. The number of anilines is 1. The molecule has 0 radical (unpaired) electrons. The zero-order valence-electron chi connectivity index (χ0n) is 8.32. The Bertz CT molecular complexity index is 339. The number of rotatable bonds is 3. The van der Waals surface area contributed by atoms with Crippen molar-refractivity contribution in [2.24, 2.45) is 5.92 Å². The number of halogens is 1. The van der Waals surface area contributed by atoms with Crippen molar-refractivity contribution in [3.05, 3.63) is 5.82 Å². The van der Waals surface area contributed by atoms with E-state index in [0.717, 1.165) is 25.3 Å². The largest absolute Gasteiger partial charge is 0.315 e. The van der Waals surface area contributed by atoms with Gasteiger partial charge in [-0.2, -0.15) is 4.37 Å². The lowest BCUT2D eigenvalue weighted by molar-refractivity contribution is -0.121. The van der Waals surface area contributed by atoms with Crippen molar-refractivity contribution in [3.63, 3.8) is 0 Å². The molecule has 1 aliphatic heterocycles. The number of nitrogens with one attached hydrogen (secondary N) is 2. The molecule has 84 valence electrons. The lowest BCUT2D eigenvalue weighted by atomic mass is 10.0. The number of aromatic nitrogens is 2. The number of amides is 1. The molecular weight excluding hydrogens is 236 g/mol. The van der Waals surface area contributed by atoms with Gasteiger partial charge >= 0.3 is 0 Å². The maximum Gasteiger partial charge on any atom is 0.231 e. The maximum absolute atomic E-state index is 11.5. The van der Waals surface area contributed by atoms with Crippen LogP contribution < -0.4 is 10.6 Å². The highest BCUT2D eigenvalue weighted by molar-refractivity contribution is 7.09. The number of hydrogen-bond acceptors (Lipinski definition) is 5. The van der Waals surface area contributed by atoms with Crippen LogP contribution >= 0.6 is 23.9 Å². The molecule has 0 saturated carbocycles. The van der Waals surface area contributed by atoms with Gasteiger partial charge in [0.1, 0.15) is 5.82 Å². The highest BCUT2D eigenvalue weighted by Crippen LogP contribution is 2.13. The second-order valence-corrected chi connectivity index (χ2v) is 3.97. The zero-order valence-corrected chi connectivity index (χ0v) is 9.95. The van der Waals surface area contributed by atoms with Crippen LogP contribution in [0.15, 0.2) is 0 Å². The summed E-state index contributed by atoms with van der Waals surface area (Å²) in [4.78, 5) is 15.6. The van der Waals surface area contributed by atoms with Crippen LogP contribution in [0.4, 0.5) is 5.13 Å². The molecular formula is C8H13ClN4OS. The van der Waals surface area contributed by atoms with Crippen LogP contribution in [-0.4, -0.2) is 28.4 Å². The van der Waals surface area contributed by atoms with Gasteiger partial charge in [0.05, 0.1) is 5.92 Å². The summed E-state index contributed by atoms with van der Waals surface area (Å²) in [7, 11) is 0. The Labute approximate surface area is 98.3 Å². The summed E-state index contributed by atoms with van der Waals surface area (Å²) >= 11 is 1.24. The van der Waals surface area contributed by atoms with Gasteiger partial charge in [0, 0.05) is 31.0 Å². The average molecular weight is 249 g/mol. The van der Waals surface area contributed by atoms with Gasteiger partial charge in [-0.3, -0.25) is 4.79 Å². The third kappa shape index (κ3) is 2.87. The van der Waals surface area contributed by atoms with E-state index in [0.29, 0.717) is 5.13 Å². The second kappa shape index (κ2) is 5.39. The van der Waals surface area contributed by atoms with Gasteiger partial charge in [-0.15, -0.1) is 12.4 Å². The minimum absolute atomic E-state index is 0. The van der Waals surface area contributed by atoms with Crippen LogP contribution in [0.1, 0.15) is 12.7 Å². The molecule has 7 heteroatoms. The Hall–Kier alpha value is -0.720. The van der Waals surface area contributed by atoms with Gasteiger partial charge in [0.15, 0.2) is 0 Å². The Morgan fingerprint density at radius 3 is 2.87 bits per heavy atom. The van der Waals surface area contributed by atoms with E-state index in [-0.39, 0.29) is 24.2 Å². The summed E-state index contributed by atoms with van der Waals surface area (Å²) < 4.78 is 4.09. The minimum Gasteiger partial charge on any atom is -0.315 e. The quantitative estimate of drug-likeness (QED) is 0.826. The van der Waals surface area contributed by atoms with E-state index in [1.807, 2.05) is 6.92 Å². The fourth-order valence-electron chi connectivity index (χ4n) is 1.13. The number of aryl methyl sites for hydroxylation is 1. The van der Waals surface area contributed by atoms with Crippen LogP contribution in [0.3, 0.4) is 0 Å². The molecule has 15 heavy (non-hydrogen) atoms. The van der Waals surface area contributed by atoms with Crippen LogP contribution in [0.5, 0.6) is 0 Å². The first-order valence-electron chi connectivity index (χ1n) is 4.63. The molecule has 1 aromatic heterocycles. The number of hydrogen-bond donors (Lipinski definition) is 2. The molecule has 1 fully saturated rings. The lowest BCUT2D eigenvalue weighted by Crippen LogP contribution is -2.48. The Morgan fingerprint density at radius 2 is 2.40 bits per heavy atom. The summed E-state index contributed by atoms with van der Waals surface area (Å²) in [6, 6.07) is 0. The molecule has 1 saturated heterocycles. The van der Waals surface area contributed by atoms with Crippen molar-refractivity contribution >= 4 is 35.0 Å². The SMILES string of the molecule is CCc1nsc(NC(=O)C2CNC2)n1.Cl. The number of nitrogens with zero attached hydrogens (tertiary/aromatic N) is 2. The summed E-state index contributed by atoms with van der Waals surface area (Å²) in [6.45, 7) is 3.53. The molecule has 2 rings (SSSR count). The van der Waals surface area contributed by atoms with E-state index in [1.165, 1.54) is 11.5 Å². The molecule has 2 N–H and O–H groups in total. The van der Waals surface area contributed by atoms with Crippen molar-refractivity contribution in [2.75, 3.05) is 18.4 Å². The van der Waals surface area contributed by atoms with E-state index < -0.39 is 0 Å². The molecule has 0 aliphatic carbocycles. The van der Waals surface area contributed by atoms with Gasteiger partial charge in [-0.05, 0) is 0 Å². The predicted octanol–water partition coefficient (Wildman–Crippen LogP) is 0.680. The average Bonchev–Trinajstić information content (AvgIpc) is 2.48. The topological polar surface area (TPSA) is 66.9 Å². The molecule has 0 unspecified atom stereocenters. The first-order valence-corrected chi connectivity index (χ1v) is 5.41.